The van der Waals surface area contributed by atoms with Crippen molar-refractivity contribution >= 4 is 15.9 Å². The number of methoxy groups -OCH3 is 1. The minimum absolute atomic E-state index is 0.403. The highest BCUT2D eigenvalue weighted by Gasteiger charge is 2.05. The van der Waals surface area contributed by atoms with Gasteiger partial charge in [-0.25, -0.2) is 0 Å². The Bertz CT molecular complexity index is 544. The van der Waals surface area contributed by atoms with Crippen LogP contribution in [0.1, 0.15) is 11.3 Å². The summed E-state index contributed by atoms with van der Waals surface area (Å²) in [5.41, 5.74) is 7.48. The summed E-state index contributed by atoms with van der Waals surface area (Å²) in [5.74, 6) is 1.53. The van der Waals surface area contributed by atoms with Gasteiger partial charge in [0, 0.05) is 22.8 Å². The Balaban J connectivity index is 2.08. The summed E-state index contributed by atoms with van der Waals surface area (Å²) in [6.07, 6.45) is 1.75. The molecule has 5 heteroatoms. The Morgan fingerprint density at radius 3 is 2.74 bits per heavy atom. The van der Waals surface area contributed by atoms with Gasteiger partial charge in [0.15, 0.2) is 0 Å². The lowest BCUT2D eigenvalue weighted by Crippen LogP contribution is -2.04. The second-order valence-electron chi connectivity index (χ2n) is 3.93. The van der Waals surface area contributed by atoms with E-state index in [1.807, 2.05) is 30.3 Å². The zero-order valence-corrected chi connectivity index (χ0v) is 12.2. The van der Waals surface area contributed by atoms with E-state index in [-0.39, 0.29) is 0 Å². The third-order valence-corrected chi connectivity index (χ3v) is 3.12. The number of benzene rings is 1. The molecule has 0 unspecified atom stereocenters. The number of nitrogens with two attached hydrogens (primary N) is 1. The fraction of sp³-hybridized carbons (Fsp3) is 0.214. The average Bonchev–Trinajstić information content (AvgIpc) is 2.46. The first-order valence-electron chi connectivity index (χ1n) is 5.83. The molecule has 0 fully saturated rings. The number of rotatable bonds is 5. The van der Waals surface area contributed by atoms with Crippen molar-refractivity contribution in [3.8, 4) is 11.5 Å². The molecule has 19 heavy (non-hydrogen) atoms. The first-order chi connectivity index (χ1) is 9.22. The summed E-state index contributed by atoms with van der Waals surface area (Å²) in [5, 5.41) is 0. The summed E-state index contributed by atoms with van der Waals surface area (Å²) < 4.78 is 11.8. The SMILES string of the molecule is COc1ccc(OCc2ccc(Br)cn2)c(CN)c1. The van der Waals surface area contributed by atoms with Crippen LogP contribution >= 0.6 is 15.9 Å². The van der Waals surface area contributed by atoms with Crippen LogP contribution in [0.3, 0.4) is 0 Å². The van der Waals surface area contributed by atoms with Crippen molar-refractivity contribution in [3.05, 3.63) is 52.3 Å². The van der Waals surface area contributed by atoms with E-state index in [4.69, 9.17) is 15.2 Å². The Hall–Kier alpha value is -1.59. The summed E-state index contributed by atoms with van der Waals surface area (Å²) >= 11 is 3.35. The highest BCUT2D eigenvalue weighted by Crippen LogP contribution is 2.24. The number of pyridine rings is 1. The van der Waals surface area contributed by atoms with Crippen molar-refractivity contribution in [2.45, 2.75) is 13.2 Å². The predicted molar refractivity (Wildman–Crippen MR) is 77.2 cm³/mol. The Labute approximate surface area is 120 Å². The van der Waals surface area contributed by atoms with Gasteiger partial charge >= 0.3 is 0 Å². The molecular weight excluding hydrogens is 308 g/mol. The van der Waals surface area contributed by atoms with Gasteiger partial charge < -0.3 is 15.2 Å². The van der Waals surface area contributed by atoms with Crippen LogP contribution in [-0.2, 0) is 13.2 Å². The Morgan fingerprint density at radius 2 is 2.11 bits per heavy atom. The van der Waals surface area contributed by atoms with Crippen LogP contribution in [0.2, 0.25) is 0 Å². The molecule has 2 aromatic rings. The number of ether oxygens (including phenoxy) is 2. The third kappa shape index (κ3) is 3.68. The normalized spacial score (nSPS) is 10.3. The van der Waals surface area contributed by atoms with Crippen LogP contribution in [0, 0.1) is 0 Å². The fourth-order valence-electron chi connectivity index (χ4n) is 1.63. The molecule has 0 bridgehead atoms. The maximum absolute atomic E-state index is 5.74. The molecule has 4 nitrogen and oxygen atoms in total. The first-order valence-corrected chi connectivity index (χ1v) is 6.62. The minimum atomic E-state index is 0.403. The summed E-state index contributed by atoms with van der Waals surface area (Å²) in [6.45, 7) is 0.812. The van der Waals surface area contributed by atoms with E-state index in [0.717, 1.165) is 27.2 Å². The molecule has 1 aromatic heterocycles. The van der Waals surface area contributed by atoms with Gasteiger partial charge in [-0.05, 0) is 46.3 Å². The summed E-state index contributed by atoms with van der Waals surface area (Å²) in [7, 11) is 1.63. The fourth-order valence-corrected chi connectivity index (χ4v) is 1.86. The van der Waals surface area contributed by atoms with Crippen molar-refractivity contribution in [1.82, 2.24) is 4.98 Å². The van der Waals surface area contributed by atoms with Crippen LogP contribution in [0.5, 0.6) is 11.5 Å². The second-order valence-corrected chi connectivity index (χ2v) is 4.85. The topological polar surface area (TPSA) is 57.4 Å². The molecule has 0 radical (unpaired) electrons. The third-order valence-electron chi connectivity index (χ3n) is 2.65. The van der Waals surface area contributed by atoms with Gasteiger partial charge in [0.05, 0.1) is 12.8 Å². The van der Waals surface area contributed by atoms with Gasteiger partial charge in [0.2, 0.25) is 0 Å². The van der Waals surface area contributed by atoms with E-state index >= 15 is 0 Å². The number of hydrogen-bond donors (Lipinski definition) is 1. The quantitative estimate of drug-likeness (QED) is 0.919. The van der Waals surface area contributed by atoms with Crippen LogP contribution in [-0.4, -0.2) is 12.1 Å². The van der Waals surface area contributed by atoms with E-state index in [1.165, 1.54) is 0 Å². The van der Waals surface area contributed by atoms with Gasteiger partial charge in [-0.3, -0.25) is 4.98 Å². The van der Waals surface area contributed by atoms with E-state index in [1.54, 1.807) is 13.3 Å². The van der Waals surface area contributed by atoms with E-state index in [0.29, 0.717) is 13.2 Å². The molecule has 0 saturated heterocycles. The first kappa shape index (κ1) is 13.8. The zero-order valence-electron chi connectivity index (χ0n) is 10.6. The predicted octanol–water partition coefficient (Wildman–Crippen LogP) is 2.89. The lowest BCUT2D eigenvalue weighted by Gasteiger charge is -2.11. The van der Waals surface area contributed by atoms with Crippen LogP contribution in [0.25, 0.3) is 0 Å². The van der Waals surface area contributed by atoms with Gasteiger partial charge in [0.1, 0.15) is 18.1 Å². The number of halogens is 1. The zero-order chi connectivity index (χ0) is 13.7. The smallest absolute Gasteiger partial charge is 0.130 e. The van der Waals surface area contributed by atoms with Crippen molar-refractivity contribution in [2.75, 3.05) is 7.11 Å². The molecule has 2 N–H and O–H groups in total. The molecule has 0 saturated carbocycles. The van der Waals surface area contributed by atoms with Crippen LogP contribution in [0.4, 0.5) is 0 Å². The summed E-state index contributed by atoms with van der Waals surface area (Å²) in [4.78, 5) is 4.25. The molecule has 2 rings (SSSR count). The van der Waals surface area contributed by atoms with Gasteiger partial charge in [-0.1, -0.05) is 0 Å². The number of nitrogens with zero attached hydrogens (tertiary/aromatic N) is 1. The molecule has 1 aromatic carbocycles. The molecule has 0 aliphatic rings. The Morgan fingerprint density at radius 1 is 1.26 bits per heavy atom. The summed E-state index contributed by atoms with van der Waals surface area (Å²) in [6, 6.07) is 9.44. The standard InChI is InChI=1S/C14H15BrN2O2/c1-18-13-4-5-14(10(6-13)7-16)19-9-12-3-2-11(15)8-17-12/h2-6,8H,7,9,16H2,1H3. The number of aromatic nitrogens is 1. The lowest BCUT2D eigenvalue weighted by molar-refractivity contribution is 0.297. The molecule has 0 aliphatic heterocycles. The highest BCUT2D eigenvalue weighted by atomic mass is 79.9. The van der Waals surface area contributed by atoms with E-state index < -0.39 is 0 Å². The van der Waals surface area contributed by atoms with E-state index in [2.05, 4.69) is 20.9 Å². The number of hydrogen-bond acceptors (Lipinski definition) is 4. The molecule has 0 atom stereocenters. The largest absolute Gasteiger partial charge is 0.497 e. The average molecular weight is 323 g/mol. The molecule has 1 heterocycles. The van der Waals surface area contributed by atoms with Crippen molar-refractivity contribution in [2.24, 2.45) is 5.73 Å². The van der Waals surface area contributed by atoms with Crippen molar-refractivity contribution in [3.63, 3.8) is 0 Å². The van der Waals surface area contributed by atoms with Crippen molar-refractivity contribution < 1.29 is 9.47 Å². The van der Waals surface area contributed by atoms with Gasteiger partial charge in [0.25, 0.3) is 0 Å². The molecule has 0 spiro atoms. The van der Waals surface area contributed by atoms with E-state index in [9.17, 15) is 0 Å². The molecule has 0 aliphatic carbocycles. The van der Waals surface area contributed by atoms with Gasteiger partial charge in [-0.15, -0.1) is 0 Å². The van der Waals surface area contributed by atoms with Gasteiger partial charge in [-0.2, -0.15) is 0 Å². The monoisotopic (exact) mass is 322 g/mol. The van der Waals surface area contributed by atoms with Crippen LogP contribution < -0.4 is 15.2 Å². The minimum Gasteiger partial charge on any atom is -0.497 e. The molecular formula is C14H15BrN2O2. The highest BCUT2D eigenvalue weighted by molar-refractivity contribution is 9.10. The Kier molecular flexibility index (Phi) is 4.76. The second kappa shape index (κ2) is 6.54. The van der Waals surface area contributed by atoms with Crippen molar-refractivity contribution in [1.29, 1.82) is 0 Å². The maximum Gasteiger partial charge on any atom is 0.130 e. The molecule has 0 amide bonds. The van der Waals surface area contributed by atoms with Crippen LogP contribution in [0.15, 0.2) is 41.0 Å². The lowest BCUT2D eigenvalue weighted by atomic mass is 10.2. The molecule has 100 valence electrons. The maximum atomic E-state index is 5.74.